The molecule has 342 valence electrons. The van der Waals surface area contributed by atoms with E-state index in [-0.39, 0.29) is 41.2 Å². The van der Waals surface area contributed by atoms with Crippen molar-refractivity contribution in [3.05, 3.63) is 95.8 Å². The lowest BCUT2D eigenvalue weighted by Gasteiger charge is -2.33. The molecule has 0 bridgehead atoms. The highest BCUT2D eigenvalue weighted by atomic mass is 19.3. The minimum Gasteiger partial charge on any atom is -0.444 e. The third kappa shape index (κ3) is 10.7. The molecule has 6 heterocycles. The zero-order valence-electron chi connectivity index (χ0n) is 36.7. The van der Waals surface area contributed by atoms with Crippen LogP contribution in [0.25, 0.3) is 17.1 Å². The normalized spacial score (nSPS) is 19.0. The monoisotopic (exact) mass is 891 g/mol. The molecule has 0 radical (unpaired) electrons. The van der Waals surface area contributed by atoms with Crippen molar-refractivity contribution in [2.45, 2.75) is 70.1 Å². The fraction of sp³-hybridized carbons (Fsp3) is 0.447. The Kier molecular flexibility index (Phi) is 13.2. The van der Waals surface area contributed by atoms with E-state index in [1.807, 2.05) is 31.3 Å². The summed E-state index contributed by atoms with van der Waals surface area (Å²) in [7, 11) is 4.11. The third-order valence-electron chi connectivity index (χ3n) is 12.6. The van der Waals surface area contributed by atoms with Crippen LogP contribution in [-0.4, -0.2) is 120 Å². The van der Waals surface area contributed by atoms with Gasteiger partial charge in [0.2, 0.25) is 17.7 Å². The number of hydrogen-bond acceptors (Lipinski definition) is 13. The van der Waals surface area contributed by atoms with Crippen LogP contribution in [0.2, 0.25) is 0 Å². The summed E-state index contributed by atoms with van der Waals surface area (Å²) in [6, 6.07) is 17.2. The predicted octanol–water partition coefficient (Wildman–Crippen LogP) is 6.11. The lowest BCUT2D eigenvalue weighted by atomic mass is 10.0. The third-order valence-corrected chi connectivity index (χ3v) is 12.6. The van der Waals surface area contributed by atoms with Crippen LogP contribution in [0, 0.1) is 5.92 Å². The van der Waals surface area contributed by atoms with Crippen LogP contribution in [-0.2, 0) is 27.3 Å². The molecule has 1 unspecified atom stereocenters. The van der Waals surface area contributed by atoms with Crippen LogP contribution < -0.4 is 25.8 Å². The minimum absolute atomic E-state index is 0.0575. The Morgan fingerprint density at radius 3 is 2.68 bits per heavy atom. The van der Waals surface area contributed by atoms with Gasteiger partial charge in [-0.2, -0.15) is 5.10 Å². The summed E-state index contributed by atoms with van der Waals surface area (Å²) in [5.74, 6) is 0.440. The van der Waals surface area contributed by atoms with Crippen LogP contribution in [0.4, 0.5) is 31.7 Å². The summed E-state index contributed by atoms with van der Waals surface area (Å²) < 4.78 is 41.4. The predicted molar refractivity (Wildman–Crippen MR) is 241 cm³/mol. The zero-order chi connectivity index (χ0) is 45.0. The number of fused-ring (bicyclic) bond motifs is 1. The van der Waals surface area contributed by atoms with Gasteiger partial charge in [0.15, 0.2) is 11.4 Å². The molecule has 3 aromatic heterocycles. The van der Waals surface area contributed by atoms with Gasteiger partial charge < -0.3 is 34.5 Å². The number of nitrogens with zero attached hydrogens (tertiary/aromatic N) is 8. The van der Waals surface area contributed by atoms with Crippen molar-refractivity contribution >= 4 is 40.6 Å². The number of alkyl halides is 2. The molecule has 3 amide bonds. The summed E-state index contributed by atoms with van der Waals surface area (Å²) in [6.07, 6.45) is 7.59. The first kappa shape index (κ1) is 44.0. The molecule has 16 nitrogen and oxygen atoms in total. The maximum Gasteiger partial charge on any atom is 0.284 e. The van der Waals surface area contributed by atoms with E-state index in [2.05, 4.69) is 75.9 Å². The van der Waals surface area contributed by atoms with E-state index in [1.165, 1.54) is 35.5 Å². The van der Waals surface area contributed by atoms with Crippen LogP contribution in [0.3, 0.4) is 0 Å². The Labute approximate surface area is 376 Å². The second kappa shape index (κ2) is 19.5. The van der Waals surface area contributed by atoms with Crippen molar-refractivity contribution in [3.63, 3.8) is 0 Å². The number of amides is 3. The number of morpholine rings is 1. The number of oxazole rings is 1. The Hall–Kier alpha value is -6.24. The van der Waals surface area contributed by atoms with Crippen molar-refractivity contribution in [2.75, 3.05) is 80.5 Å². The van der Waals surface area contributed by atoms with E-state index < -0.39 is 18.0 Å². The number of anilines is 4. The maximum absolute atomic E-state index is 14.2. The van der Waals surface area contributed by atoms with E-state index in [0.29, 0.717) is 55.6 Å². The number of aromatic nitrogens is 4. The Morgan fingerprint density at radius 2 is 1.88 bits per heavy atom. The summed E-state index contributed by atoms with van der Waals surface area (Å²) in [6.45, 7) is 6.46. The number of carbonyl (C=O) groups excluding carboxylic acids is 3. The van der Waals surface area contributed by atoms with Gasteiger partial charge in [0.05, 0.1) is 48.3 Å². The molecule has 3 fully saturated rings. The summed E-state index contributed by atoms with van der Waals surface area (Å²) in [5.41, 5.74) is 4.95. The molecular weight excluding hydrogens is 837 g/mol. The molecule has 3 N–H and O–H groups in total. The molecule has 2 atom stereocenters. The Balaban J connectivity index is 0.724. The molecule has 18 heteroatoms. The number of ether oxygens (including phenoxy) is 1. The summed E-state index contributed by atoms with van der Waals surface area (Å²) in [4.78, 5) is 55.1. The topological polar surface area (TPSA) is 166 Å². The van der Waals surface area contributed by atoms with Gasteiger partial charge in [-0.15, -0.1) is 0 Å². The number of pyridine rings is 1. The molecule has 9 rings (SSSR count). The quantitative estimate of drug-likeness (QED) is 0.0865. The molecule has 65 heavy (non-hydrogen) atoms. The van der Waals surface area contributed by atoms with Crippen molar-refractivity contribution in [1.82, 2.24) is 34.9 Å². The van der Waals surface area contributed by atoms with Crippen molar-refractivity contribution in [2.24, 2.45) is 5.92 Å². The number of imide groups is 1. The van der Waals surface area contributed by atoms with Crippen molar-refractivity contribution < 1.29 is 32.3 Å². The van der Waals surface area contributed by atoms with Gasteiger partial charge in [-0.1, -0.05) is 18.2 Å². The average Bonchev–Trinajstić information content (AvgIpc) is 3.66. The number of halogens is 2. The summed E-state index contributed by atoms with van der Waals surface area (Å²) in [5, 5.41) is 12.4. The van der Waals surface area contributed by atoms with Crippen LogP contribution in [0.5, 0.6) is 0 Å². The van der Waals surface area contributed by atoms with Crippen molar-refractivity contribution in [1.29, 1.82) is 0 Å². The molecule has 1 saturated carbocycles. The maximum atomic E-state index is 14.2. The number of hydrogen-bond donors (Lipinski definition) is 3. The Morgan fingerprint density at radius 1 is 1.05 bits per heavy atom. The first-order chi connectivity index (χ1) is 31.5. The fourth-order valence-electron chi connectivity index (χ4n) is 8.78. The Bertz CT molecular complexity index is 2490. The number of aryl methyl sites for hydroxylation is 1. The van der Waals surface area contributed by atoms with E-state index >= 15 is 0 Å². The van der Waals surface area contributed by atoms with E-state index in [4.69, 9.17) is 9.15 Å². The number of rotatable bonds is 18. The van der Waals surface area contributed by atoms with Gasteiger partial charge in [0, 0.05) is 58.0 Å². The molecule has 0 spiro atoms. The van der Waals surface area contributed by atoms with Crippen LogP contribution >= 0.6 is 0 Å². The highest BCUT2D eigenvalue weighted by molar-refractivity contribution is 6.03. The lowest BCUT2D eigenvalue weighted by molar-refractivity contribution is -0.134. The van der Waals surface area contributed by atoms with E-state index in [0.717, 1.165) is 68.9 Å². The van der Waals surface area contributed by atoms with Gasteiger partial charge in [0.25, 0.3) is 12.3 Å². The van der Waals surface area contributed by atoms with E-state index in [9.17, 15) is 23.2 Å². The summed E-state index contributed by atoms with van der Waals surface area (Å²) >= 11 is 0. The molecule has 3 aliphatic heterocycles. The number of nitrogens with one attached hydrogen (secondary N) is 3. The smallest absolute Gasteiger partial charge is 0.284 e. The highest BCUT2D eigenvalue weighted by Crippen LogP contribution is 2.39. The minimum atomic E-state index is -2.92. The standard InChI is InChI=1S/C47H55F2N11O5/c1-56(19-16-35-26-58(20-21-64-35)18-3-4-30-9-12-38-40(22-30)57(2)29-59(38)39-13-14-42(61)54-46(39)63)25-32-7-10-34(11-8-32)60-27-36(43(55-60)44(48)49)52-45(62)37-28-65-47(53-37)33-15-17-50-41(23-33)51-24-31-5-6-31/h7-12,15,17,22-23,27-28,31,35,39,44H,3-6,13-14,16,18-21,24-26,29H2,1-2H3,(H,50,51)(H,52,62)(H,54,61,63)/t35-,39?/m1/s1. The first-order valence-electron chi connectivity index (χ1n) is 22.4. The molecule has 5 aromatic rings. The zero-order valence-corrected chi connectivity index (χ0v) is 36.7. The van der Waals surface area contributed by atoms with Gasteiger partial charge >= 0.3 is 0 Å². The second-order valence-corrected chi connectivity index (χ2v) is 17.6. The SMILES string of the molecule is CN(CC[C@@H]1CN(CCCc2ccc3c(c2)N(C)CN3C2CCC(=O)NC2=O)CCO1)Cc1ccc(-n2cc(NC(=O)c3coc(-c4ccnc(NCC5CC5)c4)n3)c(C(F)F)n2)cc1. The molecule has 4 aliphatic rings. The number of benzene rings is 2. The second-order valence-electron chi connectivity index (χ2n) is 17.6. The van der Waals surface area contributed by atoms with Crippen LogP contribution in [0.1, 0.15) is 72.3 Å². The molecule has 2 saturated heterocycles. The van der Waals surface area contributed by atoms with Crippen molar-refractivity contribution in [3.8, 4) is 17.1 Å². The van der Waals surface area contributed by atoms with Gasteiger partial charge in [-0.3, -0.25) is 24.6 Å². The fourth-order valence-corrected chi connectivity index (χ4v) is 8.78. The number of piperidine rings is 1. The van der Waals surface area contributed by atoms with Gasteiger partial charge in [0.1, 0.15) is 18.1 Å². The van der Waals surface area contributed by atoms with E-state index in [1.54, 1.807) is 18.3 Å². The molecular formula is C47H55F2N11O5. The van der Waals surface area contributed by atoms with Crippen LogP contribution in [0.15, 0.2) is 77.7 Å². The first-order valence-corrected chi connectivity index (χ1v) is 22.4. The van der Waals surface area contributed by atoms with Gasteiger partial charge in [-0.05, 0) is 106 Å². The highest BCUT2D eigenvalue weighted by Gasteiger charge is 2.37. The largest absolute Gasteiger partial charge is 0.444 e. The molecule has 2 aromatic carbocycles. The average molecular weight is 892 g/mol. The molecule has 1 aliphatic carbocycles. The van der Waals surface area contributed by atoms with Gasteiger partial charge in [-0.25, -0.2) is 23.4 Å². The lowest BCUT2D eigenvalue weighted by Crippen LogP contribution is -2.53. The number of carbonyl (C=O) groups is 3.